The van der Waals surface area contributed by atoms with Crippen molar-refractivity contribution in [3.8, 4) is 0 Å². The number of rotatable bonds is 2. The van der Waals surface area contributed by atoms with Gasteiger partial charge in [-0.3, -0.25) is 0 Å². The highest BCUT2D eigenvalue weighted by Crippen LogP contribution is 2.19. The van der Waals surface area contributed by atoms with Gasteiger partial charge in [-0.2, -0.15) is 5.10 Å². The molecule has 3 nitrogen and oxygen atoms in total. The number of nitrogens with zero attached hydrogens (tertiary/aromatic N) is 2. The van der Waals surface area contributed by atoms with Crippen LogP contribution in [0.25, 0.3) is 0 Å². The molecule has 0 aliphatic carbocycles. The Morgan fingerprint density at radius 2 is 1.73 bits per heavy atom. The van der Waals surface area contributed by atoms with Gasteiger partial charge >= 0.3 is 0 Å². The predicted octanol–water partition coefficient (Wildman–Crippen LogP) is 1.97. The van der Waals surface area contributed by atoms with E-state index in [1.807, 2.05) is 0 Å². The maximum atomic E-state index is 5.10. The fourth-order valence-electron chi connectivity index (χ4n) is 2.01. The van der Waals surface area contributed by atoms with Crippen molar-refractivity contribution < 1.29 is 0 Å². The smallest absolute Gasteiger partial charge is 0.0538 e. The highest BCUT2D eigenvalue weighted by atomic mass is 15.1. The number of hydrogen-bond acceptors (Lipinski definition) is 3. The average molecular weight is 203 g/mol. The van der Waals surface area contributed by atoms with Crippen LogP contribution in [-0.2, 0) is 0 Å². The van der Waals surface area contributed by atoms with Crippen LogP contribution in [0.15, 0.2) is 29.4 Å². The summed E-state index contributed by atoms with van der Waals surface area (Å²) in [6.07, 6.45) is 5.66. The third-order valence-corrected chi connectivity index (χ3v) is 2.84. The number of benzene rings is 1. The van der Waals surface area contributed by atoms with E-state index in [0.29, 0.717) is 0 Å². The SMILES string of the molecule is N/N=C\c1ccc(N2CCCCC2)cc1. The largest absolute Gasteiger partial charge is 0.372 e. The van der Waals surface area contributed by atoms with Gasteiger partial charge < -0.3 is 10.7 Å². The predicted molar refractivity (Wildman–Crippen MR) is 64.3 cm³/mol. The molecule has 80 valence electrons. The van der Waals surface area contributed by atoms with Crippen molar-refractivity contribution in [2.45, 2.75) is 19.3 Å². The molecule has 1 heterocycles. The van der Waals surface area contributed by atoms with Crippen molar-refractivity contribution in [3.05, 3.63) is 29.8 Å². The molecule has 0 spiro atoms. The van der Waals surface area contributed by atoms with Gasteiger partial charge in [-0.15, -0.1) is 0 Å². The lowest BCUT2D eigenvalue weighted by Gasteiger charge is -2.28. The van der Waals surface area contributed by atoms with Gasteiger partial charge in [0.25, 0.3) is 0 Å². The lowest BCUT2D eigenvalue weighted by molar-refractivity contribution is 0.578. The number of hydrogen-bond donors (Lipinski definition) is 1. The minimum Gasteiger partial charge on any atom is -0.372 e. The highest BCUT2D eigenvalue weighted by Gasteiger charge is 2.09. The minimum atomic E-state index is 1.05. The van der Waals surface area contributed by atoms with E-state index in [1.165, 1.54) is 38.0 Å². The molecule has 3 heteroatoms. The molecule has 1 fully saturated rings. The molecule has 0 atom stereocenters. The topological polar surface area (TPSA) is 41.6 Å². The quantitative estimate of drug-likeness (QED) is 0.453. The molecule has 0 radical (unpaired) electrons. The number of anilines is 1. The minimum absolute atomic E-state index is 1.05. The van der Waals surface area contributed by atoms with Crippen molar-refractivity contribution in [2.75, 3.05) is 18.0 Å². The van der Waals surface area contributed by atoms with Crippen LogP contribution in [0.1, 0.15) is 24.8 Å². The maximum Gasteiger partial charge on any atom is 0.0538 e. The summed E-state index contributed by atoms with van der Waals surface area (Å²) in [6, 6.07) is 8.39. The van der Waals surface area contributed by atoms with Crippen LogP contribution in [0.4, 0.5) is 5.69 Å². The molecular weight excluding hydrogens is 186 g/mol. The van der Waals surface area contributed by atoms with Crippen molar-refractivity contribution in [1.82, 2.24) is 0 Å². The molecule has 1 aliphatic rings. The summed E-state index contributed by atoms with van der Waals surface area (Å²) in [7, 11) is 0. The molecule has 0 aromatic heterocycles. The van der Waals surface area contributed by atoms with E-state index in [9.17, 15) is 0 Å². The van der Waals surface area contributed by atoms with E-state index in [-0.39, 0.29) is 0 Å². The maximum absolute atomic E-state index is 5.10. The first-order chi connectivity index (χ1) is 7.40. The lowest BCUT2D eigenvalue weighted by atomic mass is 10.1. The fourth-order valence-corrected chi connectivity index (χ4v) is 2.01. The Labute approximate surface area is 90.6 Å². The molecule has 1 aliphatic heterocycles. The number of piperidine rings is 1. The summed E-state index contributed by atoms with van der Waals surface area (Å²) in [5, 5.41) is 3.51. The Balaban J connectivity index is 2.08. The zero-order valence-electron chi connectivity index (χ0n) is 8.89. The van der Waals surface area contributed by atoms with E-state index in [4.69, 9.17) is 5.84 Å². The second kappa shape index (κ2) is 4.82. The van der Waals surface area contributed by atoms with Crippen molar-refractivity contribution in [2.24, 2.45) is 10.9 Å². The molecule has 2 rings (SSSR count). The molecule has 0 saturated carbocycles. The van der Waals surface area contributed by atoms with Crippen LogP contribution in [0, 0.1) is 0 Å². The summed E-state index contributed by atoms with van der Waals surface area (Å²) >= 11 is 0. The molecule has 1 saturated heterocycles. The van der Waals surface area contributed by atoms with Gasteiger partial charge in [0.15, 0.2) is 0 Å². The van der Waals surface area contributed by atoms with E-state index in [2.05, 4.69) is 34.3 Å². The lowest BCUT2D eigenvalue weighted by Crippen LogP contribution is -2.29. The van der Waals surface area contributed by atoms with Gasteiger partial charge in [-0.05, 0) is 37.0 Å². The van der Waals surface area contributed by atoms with Gasteiger partial charge in [-0.25, -0.2) is 0 Å². The number of nitrogens with two attached hydrogens (primary N) is 1. The van der Waals surface area contributed by atoms with Gasteiger partial charge in [0.05, 0.1) is 6.21 Å². The van der Waals surface area contributed by atoms with E-state index < -0.39 is 0 Å². The van der Waals surface area contributed by atoms with Crippen LogP contribution in [0.2, 0.25) is 0 Å². The molecular formula is C12H17N3. The summed E-state index contributed by atoms with van der Waals surface area (Å²) in [6.45, 7) is 2.37. The molecule has 0 unspecified atom stereocenters. The Morgan fingerprint density at radius 3 is 2.33 bits per heavy atom. The molecule has 1 aromatic rings. The van der Waals surface area contributed by atoms with E-state index in [1.54, 1.807) is 6.21 Å². The fraction of sp³-hybridized carbons (Fsp3) is 0.417. The molecule has 0 amide bonds. The van der Waals surface area contributed by atoms with Crippen LogP contribution in [0.5, 0.6) is 0 Å². The van der Waals surface area contributed by atoms with E-state index >= 15 is 0 Å². The zero-order chi connectivity index (χ0) is 10.5. The van der Waals surface area contributed by atoms with Gasteiger partial charge in [0.1, 0.15) is 0 Å². The van der Waals surface area contributed by atoms with Crippen molar-refractivity contribution in [3.63, 3.8) is 0 Å². The second-order valence-corrected chi connectivity index (χ2v) is 3.92. The number of hydrazone groups is 1. The van der Waals surface area contributed by atoms with Crippen LogP contribution in [-0.4, -0.2) is 19.3 Å². The molecule has 1 aromatic carbocycles. The Kier molecular flexibility index (Phi) is 3.22. The van der Waals surface area contributed by atoms with Gasteiger partial charge in [-0.1, -0.05) is 12.1 Å². The van der Waals surface area contributed by atoms with Gasteiger partial charge in [0.2, 0.25) is 0 Å². The van der Waals surface area contributed by atoms with E-state index in [0.717, 1.165) is 5.56 Å². The summed E-state index contributed by atoms with van der Waals surface area (Å²) in [5.41, 5.74) is 2.36. The second-order valence-electron chi connectivity index (χ2n) is 3.92. The molecule has 15 heavy (non-hydrogen) atoms. The third-order valence-electron chi connectivity index (χ3n) is 2.84. The van der Waals surface area contributed by atoms with Crippen molar-refractivity contribution in [1.29, 1.82) is 0 Å². The normalized spacial score (nSPS) is 17.2. The third kappa shape index (κ3) is 2.49. The van der Waals surface area contributed by atoms with Crippen molar-refractivity contribution >= 4 is 11.9 Å². The van der Waals surface area contributed by atoms with Gasteiger partial charge in [0, 0.05) is 18.8 Å². The monoisotopic (exact) mass is 203 g/mol. The van der Waals surface area contributed by atoms with Crippen LogP contribution in [0.3, 0.4) is 0 Å². The first-order valence-corrected chi connectivity index (χ1v) is 5.48. The summed E-state index contributed by atoms with van der Waals surface area (Å²) < 4.78 is 0. The Morgan fingerprint density at radius 1 is 1.07 bits per heavy atom. The van der Waals surface area contributed by atoms with Crippen LogP contribution >= 0.6 is 0 Å². The molecule has 0 bridgehead atoms. The molecule has 2 N–H and O–H groups in total. The van der Waals surface area contributed by atoms with Crippen LogP contribution < -0.4 is 10.7 Å². The first kappa shape index (κ1) is 10.0. The Bertz CT molecular complexity index is 323. The average Bonchev–Trinajstić information content (AvgIpc) is 2.32. The summed E-state index contributed by atoms with van der Waals surface area (Å²) in [4.78, 5) is 2.44. The Hall–Kier alpha value is -1.51. The zero-order valence-corrected chi connectivity index (χ0v) is 8.89. The summed E-state index contributed by atoms with van der Waals surface area (Å²) in [5.74, 6) is 5.10. The highest BCUT2D eigenvalue weighted by molar-refractivity contribution is 5.80. The standard InChI is InChI=1S/C12H17N3/c13-14-10-11-4-6-12(7-5-11)15-8-2-1-3-9-15/h4-7,10H,1-3,8-9,13H2/b14-10-. The first-order valence-electron chi connectivity index (χ1n) is 5.48.